The van der Waals surface area contributed by atoms with E-state index in [4.69, 9.17) is 4.43 Å². The molecule has 0 N–H and O–H groups in total. The summed E-state index contributed by atoms with van der Waals surface area (Å²) in [6, 6.07) is 10.4. The second-order valence-electron chi connectivity index (χ2n) is 3.97. The van der Waals surface area contributed by atoms with Gasteiger partial charge in [0.15, 0.2) is 0 Å². The first-order valence-electron chi connectivity index (χ1n) is 5.01. The molecule has 0 fully saturated rings. The van der Waals surface area contributed by atoms with Gasteiger partial charge in [0.2, 0.25) is 0 Å². The largest absolute Gasteiger partial charge is 0.392 e. The van der Waals surface area contributed by atoms with E-state index in [1.165, 1.54) is 5.19 Å². The van der Waals surface area contributed by atoms with Gasteiger partial charge in [-0.25, -0.2) is 0 Å². The minimum absolute atomic E-state index is 1.27. The zero-order valence-electron chi connectivity index (χ0n) is 10.2. The summed E-state index contributed by atoms with van der Waals surface area (Å²) in [5.74, 6) is 0. The highest BCUT2D eigenvalue weighted by Crippen LogP contribution is 2.10. The normalized spacial score (nSPS) is 12.5. The number of hydrogen-bond donors (Lipinski definition) is 0. The van der Waals surface area contributed by atoms with Gasteiger partial charge in [0.1, 0.15) is 0 Å². The number of benzene rings is 1. The van der Waals surface area contributed by atoms with Gasteiger partial charge >= 0.3 is 8.64 Å². The van der Waals surface area contributed by atoms with Crippen molar-refractivity contribution in [3.63, 3.8) is 0 Å². The van der Waals surface area contributed by atoms with Crippen LogP contribution >= 0.6 is 0 Å². The Morgan fingerprint density at radius 3 is 1.73 bits per heavy atom. The number of nitrogens with zero attached hydrogens (tertiary/aromatic N) is 2. The van der Waals surface area contributed by atoms with Crippen LogP contribution in [0, 0.1) is 0 Å². The molecule has 0 amide bonds. The van der Waals surface area contributed by atoms with E-state index in [0.29, 0.717) is 0 Å². The summed E-state index contributed by atoms with van der Waals surface area (Å²) in [5.41, 5.74) is 0. The lowest BCUT2D eigenvalue weighted by atomic mass is 10.4. The van der Waals surface area contributed by atoms with E-state index in [9.17, 15) is 0 Å². The first kappa shape index (κ1) is 12.4. The average Bonchev–Trinajstić information content (AvgIpc) is 2.20. The van der Waals surface area contributed by atoms with Gasteiger partial charge in [0, 0.05) is 7.11 Å². The zero-order valence-corrected chi connectivity index (χ0v) is 11.2. The van der Waals surface area contributed by atoms with Gasteiger partial charge in [-0.05, 0) is 33.4 Å². The van der Waals surface area contributed by atoms with Crippen molar-refractivity contribution in [3.05, 3.63) is 30.3 Å². The van der Waals surface area contributed by atoms with Gasteiger partial charge in [-0.15, -0.1) is 0 Å². The molecule has 0 radical (unpaired) electrons. The maximum Gasteiger partial charge on any atom is 0.390 e. The number of hydrogen-bond acceptors (Lipinski definition) is 3. The molecule has 0 heterocycles. The van der Waals surface area contributed by atoms with Crippen LogP contribution in [-0.2, 0) is 4.43 Å². The average molecular weight is 224 g/mol. The highest BCUT2D eigenvalue weighted by molar-refractivity contribution is 6.81. The van der Waals surface area contributed by atoms with Crippen molar-refractivity contribution in [3.8, 4) is 0 Å². The topological polar surface area (TPSA) is 15.7 Å². The van der Waals surface area contributed by atoms with Crippen LogP contribution in [0.2, 0.25) is 0 Å². The van der Waals surface area contributed by atoms with Crippen LogP contribution in [0.1, 0.15) is 0 Å². The van der Waals surface area contributed by atoms with Crippen LogP contribution in [0.4, 0.5) is 0 Å². The minimum atomic E-state index is -2.13. The fraction of sp³-hybridized carbons (Fsp3) is 0.455. The van der Waals surface area contributed by atoms with Gasteiger partial charge in [-0.2, -0.15) is 0 Å². The highest BCUT2D eigenvalue weighted by atomic mass is 28.4. The molecule has 15 heavy (non-hydrogen) atoms. The molecule has 0 aromatic heterocycles. The lowest BCUT2D eigenvalue weighted by Crippen LogP contribution is -2.70. The molecule has 0 saturated heterocycles. The lowest BCUT2D eigenvalue weighted by Gasteiger charge is -2.40. The van der Waals surface area contributed by atoms with Gasteiger partial charge in [0.25, 0.3) is 0 Å². The maximum absolute atomic E-state index is 5.84. The Labute approximate surface area is 93.6 Å². The Bertz CT molecular complexity index is 293. The highest BCUT2D eigenvalue weighted by Gasteiger charge is 2.43. The van der Waals surface area contributed by atoms with Crippen molar-refractivity contribution in [2.45, 2.75) is 0 Å². The van der Waals surface area contributed by atoms with Gasteiger partial charge in [-0.3, -0.25) is 9.13 Å². The summed E-state index contributed by atoms with van der Waals surface area (Å²) in [6.45, 7) is 0. The van der Waals surface area contributed by atoms with Crippen molar-refractivity contribution >= 4 is 13.8 Å². The van der Waals surface area contributed by atoms with Crippen molar-refractivity contribution < 1.29 is 4.43 Å². The van der Waals surface area contributed by atoms with Crippen LogP contribution in [-0.4, -0.2) is 53.1 Å². The maximum atomic E-state index is 5.84. The second-order valence-corrected chi connectivity index (χ2v) is 7.96. The zero-order chi connectivity index (χ0) is 11.5. The Morgan fingerprint density at radius 2 is 1.40 bits per heavy atom. The molecule has 0 unspecified atom stereocenters. The van der Waals surface area contributed by atoms with E-state index in [0.717, 1.165) is 0 Å². The van der Waals surface area contributed by atoms with E-state index in [-0.39, 0.29) is 0 Å². The smallest absolute Gasteiger partial charge is 0.390 e. The molecule has 0 aliphatic rings. The first-order valence-corrected chi connectivity index (χ1v) is 6.81. The van der Waals surface area contributed by atoms with Crippen molar-refractivity contribution in [1.82, 2.24) is 9.13 Å². The van der Waals surface area contributed by atoms with Crippen LogP contribution in [0.3, 0.4) is 0 Å². The molecule has 4 heteroatoms. The fourth-order valence-electron chi connectivity index (χ4n) is 2.05. The van der Waals surface area contributed by atoms with Crippen LogP contribution in [0.25, 0.3) is 0 Å². The molecule has 0 aliphatic carbocycles. The van der Waals surface area contributed by atoms with Gasteiger partial charge in [0.05, 0.1) is 0 Å². The molecule has 0 aliphatic heterocycles. The third kappa shape index (κ3) is 2.13. The summed E-state index contributed by atoms with van der Waals surface area (Å²) in [5, 5.41) is 1.27. The second kappa shape index (κ2) is 4.89. The number of rotatable bonds is 4. The minimum Gasteiger partial charge on any atom is -0.392 e. The van der Waals surface area contributed by atoms with E-state index in [1.807, 2.05) is 6.07 Å². The fourth-order valence-corrected chi connectivity index (χ4v) is 5.48. The van der Waals surface area contributed by atoms with Crippen molar-refractivity contribution in [2.24, 2.45) is 0 Å². The quantitative estimate of drug-likeness (QED) is 0.697. The molecule has 84 valence electrons. The summed E-state index contributed by atoms with van der Waals surface area (Å²) in [6.07, 6.45) is 0. The van der Waals surface area contributed by atoms with Crippen LogP contribution in [0.5, 0.6) is 0 Å². The summed E-state index contributed by atoms with van der Waals surface area (Å²) >= 11 is 0. The molecule has 0 bridgehead atoms. The molecular formula is C11H20N2OSi. The molecule has 1 aromatic carbocycles. The van der Waals surface area contributed by atoms with Gasteiger partial charge < -0.3 is 4.43 Å². The summed E-state index contributed by atoms with van der Waals surface area (Å²) < 4.78 is 10.2. The third-order valence-electron chi connectivity index (χ3n) is 2.65. The standard InChI is InChI=1S/C11H20N2OSi/c1-12(2)15(14-5,13(3)4)11-9-7-6-8-10-11/h6-10H,1-5H3. The summed E-state index contributed by atoms with van der Waals surface area (Å²) in [7, 11) is 7.95. The van der Waals surface area contributed by atoms with Crippen molar-refractivity contribution in [2.75, 3.05) is 35.3 Å². The SMILES string of the molecule is CO[Si](c1ccccc1)(N(C)C)N(C)C. The predicted molar refractivity (Wildman–Crippen MR) is 66.2 cm³/mol. The van der Waals surface area contributed by atoms with E-state index >= 15 is 0 Å². The van der Waals surface area contributed by atoms with E-state index in [2.05, 4.69) is 61.6 Å². The molecule has 0 atom stereocenters. The van der Waals surface area contributed by atoms with Crippen molar-refractivity contribution in [1.29, 1.82) is 0 Å². The molecular weight excluding hydrogens is 204 g/mol. The Kier molecular flexibility index (Phi) is 4.04. The molecule has 1 aromatic rings. The predicted octanol–water partition coefficient (Wildman–Crippen LogP) is 0.602. The van der Waals surface area contributed by atoms with Crippen LogP contribution in [0.15, 0.2) is 30.3 Å². The molecule has 3 nitrogen and oxygen atoms in total. The molecule has 0 spiro atoms. The first-order chi connectivity index (χ1) is 7.05. The molecule has 0 saturated carbocycles. The van der Waals surface area contributed by atoms with E-state index < -0.39 is 8.64 Å². The van der Waals surface area contributed by atoms with Gasteiger partial charge in [-0.1, -0.05) is 30.3 Å². The third-order valence-corrected chi connectivity index (χ3v) is 6.73. The van der Waals surface area contributed by atoms with E-state index in [1.54, 1.807) is 7.11 Å². The lowest BCUT2D eigenvalue weighted by molar-refractivity contribution is 0.281. The summed E-state index contributed by atoms with van der Waals surface area (Å²) in [4.78, 5) is 0. The molecule has 1 rings (SSSR count). The van der Waals surface area contributed by atoms with Crippen LogP contribution < -0.4 is 5.19 Å². The monoisotopic (exact) mass is 224 g/mol. The Morgan fingerprint density at radius 1 is 0.933 bits per heavy atom. The Balaban J connectivity index is 3.22. The Hall–Kier alpha value is -0.683.